The quantitative estimate of drug-likeness (QED) is 0.223. The highest BCUT2D eigenvalue weighted by molar-refractivity contribution is 7.92. The lowest BCUT2D eigenvalue weighted by atomic mass is 9.48. The van der Waals surface area contributed by atoms with Crippen LogP contribution >= 0.6 is 0 Å². The smallest absolute Gasteiger partial charge is 0.244 e. The number of rotatable bonds is 12. The molecular formula is C41H51N3O4S. The first kappa shape index (κ1) is 33.8. The number of nitrogens with one attached hydrogen (secondary N) is 1. The largest absolute Gasteiger partial charge is 0.352 e. The van der Waals surface area contributed by atoms with Crippen molar-refractivity contribution in [2.24, 2.45) is 17.8 Å². The SMILES string of the molecule is CS(=O)(=O)N(CC(=O)N(Cc1ccccc1)[C@@H](Cc1ccccc1)C(=O)NC1CCCCC1)c1ccc(C23CC4CC(CC(C4)C2)C3)cc1. The fourth-order valence-electron chi connectivity index (χ4n) is 9.94. The predicted octanol–water partition coefficient (Wildman–Crippen LogP) is 7.01. The van der Waals surface area contributed by atoms with Crippen LogP contribution in [0, 0.1) is 17.8 Å². The van der Waals surface area contributed by atoms with Gasteiger partial charge in [0.15, 0.2) is 0 Å². The van der Waals surface area contributed by atoms with Crippen molar-refractivity contribution in [1.29, 1.82) is 0 Å². The molecular weight excluding hydrogens is 631 g/mol. The van der Waals surface area contributed by atoms with E-state index in [9.17, 15) is 18.0 Å². The van der Waals surface area contributed by atoms with Crippen LogP contribution in [-0.2, 0) is 38.0 Å². The van der Waals surface area contributed by atoms with Crippen molar-refractivity contribution >= 4 is 27.5 Å². The molecule has 5 aliphatic rings. The van der Waals surface area contributed by atoms with Crippen molar-refractivity contribution in [2.75, 3.05) is 17.1 Å². The summed E-state index contributed by atoms with van der Waals surface area (Å²) in [6, 6.07) is 26.7. The second-order valence-corrected chi connectivity index (χ2v) is 17.5. The number of sulfonamides is 1. The zero-order valence-electron chi connectivity index (χ0n) is 28.8. The molecule has 3 aromatic rings. The summed E-state index contributed by atoms with van der Waals surface area (Å²) in [5.41, 5.74) is 3.81. The van der Waals surface area contributed by atoms with Crippen LogP contribution in [0.1, 0.15) is 87.3 Å². The van der Waals surface area contributed by atoms with Gasteiger partial charge in [0.25, 0.3) is 0 Å². The van der Waals surface area contributed by atoms with E-state index < -0.39 is 22.0 Å². The molecule has 1 N–H and O–H groups in total. The van der Waals surface area contributed by atoms with Gasteiger partial charge in [-0.1, -0.05) is 92.1 Å². The molecule has 1 atom stereocenters. The van der Waals surface area contributed by atoms with Gasteiger partial charge in [-0.3, -0.25) is 13.9 Å². The number of amides is 2. The fraction of sp³-hybridized carbons (Fsp3) is 0.512. The van der Waals surface area contributed by atoms with Crippen LogP contribution in [0.2, 0.25) is 0 Å². The highest BCUT2D eigenvalue weighted by atomic mass is 32.2. The lowest BCUT2D eigenvalue weighted by Crippen LogP contribution is -2.55. The van der Waals surface area contributed by atoms with Crippen molar-refractivity contribution < 1.29 is 18.0 Å². The van der Waals surface area contributed by atoms with E-state index in [1.54, 1.807) is 4.90 Å². The van der Waals surface area contributed by atoms with Gasteiger partial charge in [0.2, 0.25) is 21.8 Å². The third-order valence-electron chi connectivity index (χ3n) is 11.9. The van der Waals surface area contributed by atoms with Gasteiger partial charge in [0.05, 0.1) is 11.9 Å². The molecule has 0 aromatic heterocycles. The molecule has 5 aliphatic carbocycles. The molecule has 0 saturated heterocycles. The van der Waals surface area contributed by atoms with E-state index in [1.165, 1.54) is 54.8 Å². The molecule has 0 heterocycles. The molecule has 7 nitrogen and oxygen atoms in total. The van der Waals surface area contributed by atoms with Crippen LogP contribution < -0.4 is 9.62 Å². The second kappa shape index (κ2) is 14.3. The number of carbonyl (C=O) groups is 2. The number of benzene rings is 3. The van der Waals surface area contributed by atoms with E-state index >= 15 is 0 Å². The van der Waals surface area contributed by atoms with Crippen LogP contribution in [0.4, 0.5) is 5.69 Å². The summed E-state index contributed by atoms with van der Waals surface area (Å²) in [4.78, 5) is 30.3. The summed E-state index contributed by atoms with van der Waals surface area (Å²) >= 11 is 0. The molecule has 5 fully saturated rings. The molecule has 3 aromatic carbocycles. The van der Waals surface area contributed by atoms with E-state index in [-0.39, 0.29) is 30.5 Å². The topological polar surface area (TPSA) is 86.8 Å². The van der Waals surface area contributed by atoms with E-state index in [0.717, 1.165) is 60.8 Å². The van der Waals surface area contributed by atoms with E-state index in [0.29, 0.717) is 12.1 Å². The van der Waals surface area contributed by atoms with Crippen LogP contribution in [-0.4, -0.2) is 50.0 Å². The molecule has 0 spiro atoms. The molecule has 4 bridgehead atoms. The Morgan fingerprint density at radius 2 is 1.33 bits per heavy atom. The Morgan fingerprint density at radius 1 is 0.776 bits per heavy atom. The molecule has 2 amide bonds. The summed E-state index contributed by atoms with van der Waals surface area (Å²) in [6.07, 6.45) is 14.4. The van der Waals surface area contributed by atoms with Gasteiger partial charge in [-0.15, -0.1) is 0 Å². The van der Waals surface area contributed by atoms with Gasteiger partial charge in [0, 0.05) is 19.0 Å². The van der Waals surface area contributed by atoms with Gasteiger partial charge in [-0.2, -0.15) is 0 Å². The van der Waals surface area contributed by atoms with E-state index in [1.807, 2.05) is 72.8 Å². The number of hydrogen-bond donors (Lipinski definition) is 1. The monoisotopic (exact) mass is 681 g/mol. The van der Waals surface area contributed by atoms with Crippen molar-refractivity contribution in [3.63, 3.8) is 0 Å². The minimum absolute atomic E-state index is 0.0770. The highest BCUT2D eigenvalue weighted by Gasteiger charge is 2.51. The van der Waals surface area contributed by atoms with Crippen LogP contribution in [0.25, 0.3) is 0 Å². The lowest BCUT2D eigenvalue weighted by Gasteiger charge is -2.57. The Morgan fingerprint density at radius 3 is 1.88 bits per heavy atom. The maximum atomic E-state index is 14.5. The zero-order valence-corrected chi connectivity index (χ0v) is 29.6. The molecule has 8 heteroatoms. The van der Waals surface area contributed by atoms with Gasteiger partial charge >= 0.3 is 0 Å². The summed E-state index contributed by atoms with van der Waals surface area (Å²) in [6.45, 7) is -0.192. The van der Waals surface area contributed by atoms with Gasteiger partial charge in [0.1, 0.15) is 12.6 Å². The predicted molar refractivity (Wildman–Crippen MR) is 194 cm³/mol. The van der Waals surface area contributed by atoms with Crippen LogP contribution in [0.15, 0.2) is 84.9 Å². The van der Waals surface area contributed by atoms with Crippen molar-refractivity contribution in [3.05, 3.63) is 102 Å². The summed E-state index contributed by atoms with van der Waals surface area (Å²) in [5.74, 6) is 1.84. The van der Waals surface area contributed by atoms with Gasteiger partial charge < -0.3 is 10.2 Å². The third-order valence-corrected chi connectivity index (χ3v) is 13.0. The summed E-state index contributed by atoms with van der Waals surface area (Å²) < 4.78 is 28.0. The molecule has 8 rings (SSSR count). The zero-order chi connectivity index (χ0) is 34.0. The van der Waals surface area contributed by atoms with Crippen molar-refractivity contribution in [1.82, 2.24) is 10.2 Å². The molecule has 0 aliphatic heterocycles. The molecule has 0 unspecified atom stereocenters. The fourth-order valence-corrected chi connectivity index (χ4v) is 10.8. The molecule has 260 valence electrons. The number of nitrogens with zero attached hydrogens (tertiary/aromatic N) is 2. The average molecular weight is 682 g/mol. The van der Waals surface area contributed by atoms with Crippen LogP contribution in [0.5, 0.6) is 0 Å². The first-order chi connectivity index (χ1) is 23.6. The lowest BCUT2D eigenvalue weighted by molar-refractivity contribution is -0.140. The van der Waals surface area contributed by atoms with E-state index in [4.69, 9.17) is 0 Å². The Labute approximate surface area is 292 Å². The Hall–Kier alpha value is -3.65. The first-order valence-corrected chi connectivity index (χ1v) is 20.3. The Bertz CT molecular complexity index is 1670. The summed E-state index contributed by atoms with van der Waals surface area (Å²) in [7, 11) is -3.82. The molecule has 0 radical (unpaired) electrons. The maximum absolute atomic E-state index is 14.5. The Kier molecular flexibility index (Phi) is 9.87. The number of anilines is 1. The number of carbonyl (C=O) groups excluding carboxylic acids is 2. The van der Waals surface area contributed by atoms with E-state index in [2.05, 4.69) is 17.4 Å². The molecule has 5 saturated carbocycles. The first-order valence-electron chi connectivity index (χ1n) is 18.4. The third kappa shape index (κ3) is 7.74. The molecule has 49 heavy (non-hydrogen) atoms. The standard InChI is InChI=1S/C41H51N3O4S/c1-49(47,48)44(37-19-17-35(18-20-37)41-25-32-21-33(26-41)23-34(22-32)27-41)29-39(45)43(28-31-13-7-3-8-14-31)38(24-30-11-5-2-6-12-30)40(46)42-36-15-9-4-10-16-36/h2-3,5-8,11-14,17-20,32-34,36,38H,4,9-10,15-16,21-29H2,1H3,(H,42,46)/t32?,33?,34?,38-,41?/m0/s1. The van der Waals surface area contributed by atoms with Crippen molar-refractivity contribution in [3.8, 4) is 0 Å². The normalized spacial score (nSPS) is 25.4. The maximum Gasteiger partial charge on any atom is 0.244 e. The van der Waals surface area contributed by atoms with Gasteiger partial charge in [-0.25, -0.2) is 8.42 Å². The highest BCUT2D eigenvalue weighted by Crippen LogP contribution is 2.60. The average Bonchev–Trinajstić information content (AvgIpc) is 3.09. The van der Waals surface area contributed by atoms with Gasteiger partial charge in [-0.05, 0) is 103 Å². The number of hydrogen-bond acceptors (Lipinski definition) is 4. The second-order valence-electron chi connectivity index (χ2n) is 15.6. The Balaban J connectivity index is 1.17. The minimum Gasteiger partial charge on any atom is -0.352 e. The van der Waals surface area contributed by atoms with Crippen LogP contribution in [0.3, 0.4) is 0 Å². The minimum atomic E-state index is -3.82. The van der Waals surface area contributed by atoms with Crippen molar-refractivity contribution in [2.45, 2.75) is 101 Å². The summed E-state index contributed by atoms with van der Waals surface area (Å²) in [5, 5.41) is 3.27.